The van der Waals surface area contributed by atoms with E-state index in [1.165, 1.54) is 27.9 Å². The van der Waals surface area contributed by atoms with Crippen molar-refractivity contribution in [2.45, 2.75) is 31.3 Å². The zero-order valence-corrected chi connectivity index (χ0v) is 25.3. The highest BCUT2D eigenvalue weighted by Crippen LogP contribution is 2.48. The van der Waals surface area contributed by atoms with Gasteiger partial charge in [-0.15, -0.1) is 0 Å². The quantitative estimate of drug-likeness (QED) is 0.182. The van der Waals surface area contributed by atoms with Crippen molar-refractivity contribution in [2.24, 2.45) is 0 Å². The molecule has 2 aromatic heterocycles. The molecule has 0 atom stereocenters. The van der Waals surface area contributed by atoms with Gasteiger partial charge in [-0.1, -0.05) is 46.9 Å². The lowest BCUT2D eigenvalue weighted by Crippen LogP contribution is -2.45. The van der Waals surface area contributed by atoms with Crippen molar-refractivity contribution in [1.29, 1.82) is 0 Å². The van der Waals surface area contributed by atoms with Crippen LogP contribution < -0.4 is 9.64 Å². The molecule has 1 saturated carbocycles. The molecular weight excluding hydrogens is 621 g/mol. The number of hydrogen-bond donors (Lipinski definition) is 1. The third kappa shape index (κ3) is 5.06. The summed E-state index contributed by atoms with van der Waals surface area (Å²) in [4.78, 5) is 14.9. The molecule has 7 rings (SSSR count). The Morgan fingerprint density at radius 1 is 0.951 bits per heavy atom. The Balaban J connectivity index is 1.05. The van der Waals surface area contributed by atoms with Gasteiger partial charge in [-0.05, 0) is 89.9 Å². The molecule has 0 bridgehead atoms. The van der Waals surface area contributed by atoms with Crippen molar-refractivity contribution < 1.29 is 14.6 Å². The smallest absolute Gasteiger partial charge is 0.356 e. The first-order valence-corrected chi connectivity index (χ1v) is 15.8. The summed E-state index contributed by atoms with van der Waals surface area (Å²) in [6, 6.07) is 17.2. The van der Waals surface area contributed by atoms with E-state index in [0.29, 0.717) is 44.6 Å². The van der Waals surface area contributed by atoms with E-state index in [-0.39, 0.29) is 5.69 Å². The number of fused-ring (bicyclic) bond motifs is 1. The van der Waals surface area contributed by atoms with E-state index in [1.54, 1.807) is 0 Å². The molecule has 1 aliphatic carbocycles. The average Bonchev–Trinajstić information content (AvgIpc) is 3.54. The normalized spacial score (nSPS) is 15.3. The first-order chi connectivity index (χ1) is 19.9. The number of benzene rings is 3. The Labute approximate surface area is 259 Å². The molecule has 1 aliphatic heterocycles. The van der Waals surface area contributed by atoms with Gasteiger partial charge in [0.1, 0.15) is 12.4 Å². The molecule has 208 valence electrons. The van der Waals surface area contributed by atoms with Crippen molar-refractivity contribution in [1.82, 2.24) is 8.75 Å². The van der Waals surface area contributed by atoms with Gasteiger partial charge in [0.05, 0.1) is 20.4 Å². The van der Waals surface area contributed by atoms with Crippen LogP contribution in [0.3, 0.4) is 0 Å². The summed E-state index contributed by atoms with van der Waals surface area (Å²) in [6.07, 6.45) is 2.32. The number of rotatable bonds is 8. The Kier molecular flexibility index (Phi) is 7.07. The van der Waals surface area contributed by atoms with Crippen LogP contribution in [0.4, 0.5) is 5.69 Å². The summed E-state index contributed by atoms with van der Waals surface area (Å²) < 4.78 is 16.0. The molecule has 6 nitrogen and oxygen atoms in total. The number of carbonyl (C=O) groups is 1. The second-order valence-electron chi connectivity index (χ2n) is 10.3. The van der Waals surface area contributed by atoms with Crippen molar-refractivity contribution in [3.8, 4) is 17.0 Å². The molecule has 1 N–H and O–H groups in total. The number of aromatic carboxylic acids is 1. The maximum Gasteiger partial charge on any atom is 0.356 e. The summed E-state index contributed by atoms with van der Waals surface area (Å²) in [5.74, 6) is 0.504. The third-order valence-electron chi connectivity index (χ3n) is 7.67. The number of ether oxygens (including phenoxy) is 1. The Morgan fingerprint density at radius 2 is 1.73 bits per heavy atom. The molecule has 2 fully saturated rings. The highest BCUT2D eigenvalue weighted by molar-refractivity contribution is 7.13. The highest BCUT2D eigenvalue weighted by atomic mass is 35.5. The molecule has 5 aromatic rings. The number of carboxylic acid groups (broad SMARTS) is 1. The zero-order valence-electron chi connectivity index (χ0n) is 21.4. The Morgan fingerprint density at radius 3 is 2.44 bits per heavy atom. The first kappa shape index (κ1) is 27.0. The van der Waals surface area contributed by atoms with Gasteiger partial charge >= 0.3 is 5.97 Å². The van der Waals surface area contributed by atoms with E-state index in [0.717, 1.165) is 58.7 Å². The van der Waals surface area contributed by atoms with Crippen molar-refractivity contribution in [2.75, 3.05) is 18.0 Å². The largest absolute Gasteiger partial charge is 0.489 e. The van der Waals surface area contributed by atoms with Crippen LogP contribution in [0.25, 0.3) is 21.3 Å². The van der Waals surface area contributed by atoms with E-state index in [2.05, 4.69) is 9.27 Å². The van der Waals surface area contributed by atoms with Crippen LogP contribution in [0, 0.1) is 0 Å². The van der Waals surface area contributed by atoms with Crippen LogP contribution in [0.15, 0.2) is 54.6 Å². The van der Waals surface area contributed by atoms with Gasteiger partial charge in [0.15, 0.2) is 5.69 Å². The Bertz CT molecular complexity index is 1790. The second kappa shape index (κ2) is 10.7. The zero-order chi connectivity index (χ0) is 28.2. The molecule has 11 heteroatoms. The summed E-state index contributed by atoms with van der Waals surface area (Å²) in [6.45, 7) is 2.00. The minimum atomic E-state index is -1.00. The minimum Gasteiger partial charge on any atom is -0.489 e. The predicted molar refractivity (Wildman–Crippen MR) is 167 cm³/mol. The summed E-state index contributed by atoms with van der Waals surface area (Å²) in [5, 5.41) is 11.8. The maximum absolute atomic E-state index is 11.4. The van der Waals surface area contributed by atoms with Crippen LogP contribution in [0.1, 0.15) is 51.2 Å². The minimum absolute atomic E-state index is 0.107. The molecule has 41 heavy (non-hydrogen) atoms. The fraction of sp³-hybridized carbons (Fsp3) is 0.233. The number of anilines is 1. The van der Waals surface area contributed by atoms with Gasteiger partial charge < -0.3 is 14.7 Å². The molecule has 0 unspecified atom stereocenters. The summed E-state index contributed by atoms with van der Waals surface area (Å²) in [7, 11) is 0. The highest BCUT2D eigenvalue weighted by Gasteiger charge is 2.32. The number of nitrogens with zero attached hydrogens (tertiary/aromatic N) is 3. The summed E-state index contributed by atoms with van der Waals surface area (Å²) in [5.41, 5.74) is 4.82. The molecule has 1 saturated heterocycles. The van der Waals surface area contributed by atoms with Gasteiger partial charge in [-0.25, -0.2) is 4.79 Å². The fourth-order valence-electron chi connectivity index (χ4n) is 5.30. The number of halogens is 3. The topological polar surface area (TPSA) is 75.5 Å². The number of hydrogen-bond acceptors (Lipinski definition) is 7. The molecule has 0 spiro atoms. The molecule has 3 heterocycles. The molecule has 0 radical (unpaired) electrons. The second-order valence-corrected chi connectivity index (χ2v) is 13.2. The maximum atomic E-state index is 11.4. The van der Waals surface area contributed by atoms with E-state index in [4.69, 9.17) is 43.9 Å². The van der Waals surface area contributed by atoms with Gasteiger partial charge in [-0.2, -0.15) is 8.75 Å². The summed E-state index contributed by atoms with van der Waals surface area (Å²) >= 11 is 22.5. The van der Waals surface area contributed by atoms with Crippen molar-refractivity contribution in [3.63, 3.8) is 0 Å². The fourth-order valence-corrected chi connectivity index (χ4v) is 8.04. The lowest BCUT2D eigenvalue weighted by atomic mass is 9.90. The number of aromatic nitrogens is 2. The van der Waals surface area contributed by atoms with E-state index < -0.39 is 5.97 Å². The lowest BCUT2D eigenvalue weighted by Gasteiger charge is -2.41. The molecular formula is C30H22Cl3N3O3S2. The molecule has 2 aliphatic rings. The monoisotopic (exact) mass is 641 g/mol. The number of carboxylic acids is 1. The van der Waals surface area contributed by atoms with E-state index >= 15 is 0 Å². The third-order valence-corrected chi connectivity index (χ3v) is 10.5. The van der Waals surface area contributed by atoms with Crippen LogP contribution in [0.5, 0.6) is 5.75 Å². The van der Waals surface area contributed by atoms with Gasteiger partial charge in [0, 0.05) is 51.1 Å². The van der Waals surface area contributed by atoms with Crippen LogP contribution in [-0.2, 0) is 6.61 Å². The standard InChI is InChI=1S/C30H22Cl3N3O3S2/c31-22-2-1-3-23(32)26(22)27-21(29(41-34-27)15-4-5-15)14-39-18-7-9-19(24(33)11-18)16-12-36(13-16)17-6-8-20-25(10-17)40-35-28(20)30(37)38/h1-3,6-11,15-16H,4-5,12-14H2,(H,37,38). The SMILES string of the molecule is O=C(O)c1nsc2cc(N3CC(c4ccc(OCc5c(-c6c(Cl)cccc6Cl)nsc5C5CC5)cc4Cl)C3)ccc12. The average molecular weight is 643 g/mol. The van der Waals surface area contributed by atoms with Gasteiger partial charge in [-0.3, -0.25) is 0 Å². The van der Waals surface area contributed by atoms with Gasteiger partial charge in [0.25, 0.3) is 0 Å². The van der Waals surface area contributed by atoms with Crippen molar-refractivity contribution in [3.05, 3.63) is 91.4 Å². The Hall–Kier alpha value is -2.88. The van der Waals surface area contributed by atoms with E-state index in [1.807, 2.05) is 54.6 Å². The molecule has 3 aromatic carbocycles. The van der Waals surface area contributed by atoms with Crippen LogP contribution >= 0.6 is 57.9 Å². The lowest BCUT2D eigenvalue weighted by molar-refractivity contribution is 0.0694. The van der Waals surface area contributed by atoms with Crippen LogP contribution in [0.2, 0.25) is 15.1 Å². The predicted octanol–water partition coefficient (Wildman–Crippen LogP) is 9.14. The van der Waals surface area contributed by atoms with Crippen molar-refractivity contribution >= 4 is 79.6 Å². The first-order valence-electron chi connectivity index (χ1n) is 13.1. The van der Waals surface area contributed by atoms with E-state index in [9.17, 15) is 9.90 Å². The molecule has 0 amide bonds. The van der Waals surface area contributed by atoms with Gasteiger partial charge in [0.2, 0.25) is 0 Å². The van der Waals surface area contributed by atoms with Crippen LogP contribution in [-0.4, -0.2) is 32.9 Å².